The number of allylic oxidation sites excluding steroid dienone is 1. The van der Waals surface area contributed by atoms with Gasteiger partial charge >= 0.3 is 0 Å². The number of aliphatic hydroxyl groups excluding tert-OH is 1. The van der Waals surface area contributed by atoms with Gasteiger partial charge in [0.1, 0.15) is 24.3 Å². The number of nitrogens with one attached hydrogen (secondary N) is 1. The maximum Gasteiger partial charge on any atom is 0.125 e. The Morgan fingerprint density at radius 2 is 2.05 bits per heavy atom. The van der Waals surface area contributed by atoms with Crippen LogP contribution in [0.15, 0.2) is 61.2 Å². The van der Waals surface area contributed by atoms with Gasteiger partial charge in [-0.25, -0.2) is 4.39 Å². The van der Waals surface area contributed by atoms with E-state index in [4.69, 9.17) is 4.74 Å². The van der Waals surface area contributed by atoms with E-state index in [9.17, 15) is 9.50 Å². The summed E-state index contributed by atoms with van der Waals surface area (Å²) in [5.41, 5.74) is 1.66. The fraction of sp³-hybridized carbons (Fsp3) is 0.222. The highest BCUT2D eigenvalue weighted by molar-refractivity contribution is 5.43. The van der Waals surface area contributed by atoms with Gasteiger partial charge in [-0.1, -0.05) is 30.3 Å². The lowest BCUT2D eigenvalue weighted by Gasteiger charge is -2.15. The number of halogens is 1. The third-order valence-corrected chi connectivity index (χ3v) is 3.13. The standard InChI is InChI=1S/C18H20FNO2/c1-2-6-14-7-3-4-10-18(14)22-13-17(21)12-20-16-9-5-8-15(19)11-16/h2-5,7-11,17,20-21H,1,6,12-13H2. The second-order valence-corrected chi connectivity index (χ2v) is 4.96. The molecule has 0 aromatic heterocycles. The average molecular weight is 301 g/mol. The highest BCUT2D eigenvalue weighted by atomic mass is 19.1. The van der Waals surface area contributed by atoms with Gasteiger partial charge in [-0.15, -0.1) is 6.58 Å². The molecule has 0 saturated carbocycles. The number of ether oxygens (including phenoxy) is 1. The van der Waals surface area contributed by atoms with Crippen molar-refractivity contribution >= 4 is 5.69 Å². The van der Waals surface area contributed by atoms with Crippen molar-refractivity contribution in [3.8, 4) is 5.75 Å². The summed E-state index contributed by atoms with van der Waals surface area (Å²) in [5, 5.41) is 12.9. The normalized spacial score (nSPS) is 11.7. The van der Waals surface area contributed by atoms with Crippen LogP contribution in [-0.2, 0) is 6.42 Å². The predicted molar refractivity (Wildman–Crippen MR) is 86.7 cm³/mol. The van der Waals surface area contributed by atoms with Gasteiger partial charge in [-0.3, -0.25) is 0 Å². The Bertz CT molecular complexity index is 616. The third-order valence-electron chi connectivity index (χ3n) is 3.13. The molecule has 0 aliphatic heterocycles. The van der Waals surface area contributed by atoms with Crippen molar-refractivity contribution in [2.75, 3.05) is 18.5 Å². The zero-order chi connectivity index (χ0) is 15.8. The number of hydrogen-bond acceptors (Lipinski definition) is 3. The smallest absolute Gasteiger partial charge is 0.125 e. The van der Waals surface area contributed by atoms with E-state index in [-0.39, 0.29) is 19.0 Å². The summed E-state index contributed by atoms with van der Waals surface area (Å²) in [5.74, 6) is 0.432. The first-order chi connectivity index (χ1) is 10.7. The van der Waals surface area contributed by atoms with Gasteiger partial charge in [-0.2, -0.15) is 0 Å². The van der Waals surface area contributed by atoms with Crippen molar-refractivity contribution in [2.45, 2.75) is 12.5 Å². The molecule has 0 radical (unpaired) electrons. The summed E-state index contributed by atoms with van der Waals surface area (Å²) < 4.78 is 18.7. The van der Waals surface area contributed by atoms with E-state index >= 15 is 0 Å². The fourth-order valence-electron chi connectivity index (χ4n) is 2.05. The Labute approximate surface area is 130 Å². The van der Waals surface area contributed by atoms with E-state index in [0.29, 0.717) is 12.1 Å². The molecule has 0 heterocycles. The Kier molecular flexibility index (Phi) is 5.98. The molecule has 2 N–H and O–H groups in total. The van der Waals surface area contributed by atoms with Gasteiger partial charge in [0, 0.05) is 12.2 Å². The number of hydrogen-bond donors (Lipinski definition) is 2. The minimum atomic E-state index is -0.694. The monoisotopic (exact) mass is 301 g/mol. The Morgan fingerprint density at radius 1 is 1.23 bits per heavy atom. The number of benzene rings is 2. The van der Waals surface area contributed by atoms with Crippen LogP contribution >= 0.6 is 0 Å². The van der Waals surface area contributed by atoms with Gasteiger partial charge in [0.2, 0.25) is 0 Å². The maximum atomic E-state index is 13.0. The van der Waals surface area contributed by atoms with Crippen LogP contribution in [-0.4, -0.2) is 24.4 Å². The summed E-state index contributed by atoms with van der Waals surface area (Å²) >= 11 is 0. The minimum Gasteiger partial charge on any atom is -0.491 e. The SMILES string of the molecule is C=CCc1ccccc1OCC(O)CNc1cccc(F)c1. The van der Waals surface area contributed by atoms with Crippen molar-refractivity contribution in [3.63, 3.8) is 0 Å². The molecule has 3 nitrogen and oxygen atoms in total. The van der Waals surface area contributed by atoms with Gasteiger partial charge in [0.05, 0.1) is 0 Å². The van der Waals surface area contributed by atoms with Crippen molar-refractivity contribution in [3.05, 3.63) is 72.6 Å². The summed E-state index contributed by atoms with van der Waals surface area (Å²) in [6.07, 6.45) is 1.83. The van der Waals surface area contributed by atoms with E-state index < -0.39 is 6.10 Å². The van der Waals surface area contributed by atoms with E-state index in [1.807, 2.05) is 30.3 Å². The fourth-order valence-corrected chi connectivity index (χ4v) is 2.05. The molecule has 0 amide bonds. The molecule has 2 rings (SSSR count). The first kappa shape index (κ1) is 16.0. The van der Waals surface area contributed by atoms with Gasteiger partial charge in [0.15, 0.2) is 0 Å². The molecule has 0 aliphatic carbocycles. The van der Waals surface area contributed by atoms with Crippen LogP contribution in [0.4, 0.5) is 10.1 Å². The van der Waals surface area contributed by atoms with Gasteiger partial charge < -0.3 is 15.2 Å². The average Bonchev–Trinajstić information content (AvgIpc) is 2.52. The highest BCUT2D eigenvalue weighted by Crippen LogP contribution is 2.19. The molecule has 0 bridgehead atoms. The van der Waals surface area contributed by atoms with Crippen LogP contribution in [0, 0.1) is 5.82 Å². The number of para-hydroxylation sites is 1. The van der Waals surface area contributed by atoms with Crippen LogP contribution in [0.5, 0.6) is 5.75 Å². The molecular weight excluding hydrogens is 281 g/mol. The molecule has 0 spiro atoms. The summed E-state index contributed by atoms with van der Waals surface area (Å²) in [7, 11) is 0. The lowest BCUT2D eigenvalue weighted by atomic mass is 10.1. The Morgan fingerprint density at radius 3 is 2.82 bits per heavy atom. The van der Waals surface area contributed by atoms with Gasteiger partial charge in [0.25, 0.3) is 0 Å². The third kappa shape index (κ3) is 4.90. The Balaban J connectivity index is 1.83. The quantitative estimate of drug-likeness (QED) is 0.734. The highest BCUT2D eigenvalue weighted by Gasteiger charge is 2.07. The second kappa shape index (κ2) is 8.20. The molecule has 1 atom stereocenters. The van der Waals surface area contributed by atoms with Crippen LogP contribution in [0.2, 0.25) is 0 Å². The maximum absolute atomic E-state index is 13.0. The van der Waals surface area contributed by atoms with E-state index in [2.05, 4.69) is 11.9 Å². The second-order valence-electron chi connectivity index (χ2n) is 4.96. The van der Waals surface area contributed by atoms with Crippen molar-refractivity contribution in [1.82, 2.24) is 0 Å². The van der Waals surface area contributed by atoms with Crippen molar-refractivity contribution in [2.24, 2.45) is 0 Å². The molecular formula is C18H20FNO2. The molecule has 0 aliphatic rings. The summed E-state index contributed by atoms with van der Waals surface area (Å²) in [4.78, 5) is 0. The molecule has 1 unspecified atom stereocenters. The van der Waals surface area contributed by atoms with Crippen LogP contribution in [0.3, 0.4) is 0 Å². The van der Waals surface area contributed by atoms with Crippen LogP contribution in [0.1, 0.15) is 5.56 Å². The predicted octanol–water partition coefficient (Wildman–Crippen LogP) is 3.41. The first-order valence-electron chi connectivity index (χ1n) is 7.18. The van der Waals surface area contributed by atoms with Crippen LogP contribution in [0.25, 0.3) is 0 Å². The van der Waals surface area contributed by atoms with E-state index in [0.717, 1.165) is 11.3 Å². The molecule has 2 aromatic carbocycles. The van der Waals surface area contributed by atoms with E-state index in [1.54, 1.807) is 12.1 Å². The molecule has 0 saturated heterocycles. The van der Waals surface area contributed by atoms with E-state index in [1.165, 1.54) is 12.1 Å². The zero-order valence-electron chi connectivity index (χ0n) is 12.3. The van der Waals surface area contributed by atoms with Crippen molar-refractivity contribution in [1.29, 1.82) is 0 Å². The Hall–Kier alpha value is -2.33. The summed E-state index contributed by atoms with van der Waals surface area (Å²) in [6, 6.07) is 13.8. The zero-order valence-corrected chi connectivity index (χ0v) is 12.3. The first-order valence-corrected chi connectivity index (χ1v) is 7.18. The molecule has 2 aromatic rings. The lowest BCUT2D eigenvalue weighted by Crippen LogP contribution is -2.26. The van der Waals surface area contributed by atoms with Crippen LogP contribution < -0.4 is 10.1 Å². The molecule has 0 fully saturated rings. The minimum absolute atomic E-state index is 0.163. The largest absolute Gasteiger partial charge is 0.491 e. The number of rotatable bonds is 8. The van der Waals surface area contributed by atoms with Gasteiger partial charge in [-0.05, 0) is 36.2 Å². The molecule has 116 valence electrons. The molecule has 22 heavy (non-hydrogen) atoms. The lowest BCUT2D eigenvalue weighted by molar-refractivity contribution is 0.117. The van der Waals surface area contributed by atoms with Crippen molar-refractivity contribution < 1.29 is 14.2 Å². The number of anilines is 1. The molecule has 4 heteroatoms. The number of aliphatic hydroxyl groups is 1. The summed E-state index contributed by atoms with van der Waals surface area (Å²) in [6.45, 7) is 4.16. The topological polar surface area (TPSA) is 41.5 Å².